The zero-order chi connectivity index (χ0) is 20.8. The summed E-state index contributed by atoms with van der Waals surface area (Å²) in [6, 6.07) is 5.36. The Kier molecular flexibility index (Phi) is 7.56. The van der Waals surface area contributed by atoms with Crippen molar-refractivity contribution >= 4 is 6.03 Å². The maximum Gasteiger partial charge on any atom is 0.411 e. The molecule has 1 saturated carbocycles. The maximum absolute atomic E-state index is 12.8. The van der Waals surface area contributed by atoms with E-state index in [9.17, 15) is 31.1 Å². The van der Waals surface area contributed by atoms with Gasteiger partial charge in [0.05, 0.1) is 12.5 Å². The van der Waals surface area contributed by atoms with Crippen LogP contribution in [0.2, 0.25) is 0 Å². The van der Waals surface area contributed by atoms with Crippen LogP contribution < -0.4 is 10.6 Å². The molecule has 1 aliphatic carbocycles. The van der Waals surface area contributed by atoms with Crippen LogP contribution in [0.5, 0.6) is 0 Å². The first-order valence-corrected chi connectivity index (χ1v) is 8.86. The summed E-state index contributed by atoms with van der Waals surface area (Å²) in [4.78, 5) is 11.9. The molecule has 0 bridgehead atoms. The van der Waals surface area contributed by atoms with Crippen LogP contribution in [0.1, 0.15) is 36.8 Å². The van der Waals surface area contributed by atoms with Gasteiger partial charge >= 0.3 is 18.4 Å². The van der Waals surface area contributed by atoms with Crippen LogP contribution in [0.25, 0.3) is 0 Å². The van der Waals surface area contributed by atoms with Crippen LogP contribution in [-0.2, 0) is 17.9 Å². The van der Waals surface area contributed by atoms with Crippen molar-refractivity contribution in [1.29, 1.82) is 0 Å². The molecular weight excluding hydrogens is 390 g/mol. The van der Waals surface area contributed by atoms with Gasteiger partial charge in [-0.15, -0.1) is 0 Å². The van der Waals surface area contributed by atoms with Gasteiger partial charge in [0.25, 0.3) is 0 Å². The molecule has 1 aliphatic rings. The Balaban J connectivity index is 1.72. The number of carbonyl (C=O) groups excluding carboxylic acids is 1. The highest BCUT2D eigenvalue weighted by molar-refractivity contribution is 5.74. The van der Waals surface area contributed by atoms with Crippen LogP contribution in [0, 0.1) is 5.92 Å². The van der Waals surface area contributed by atoms with E-state index in [-0.39, 0.29) is 26.0 Å². The average molecular weight is 412 g/mol. The van der Waals surface area contributed by atoms with Crippen molar-refractivity contribution in [3.05, 3.63) is 35.4 Å². The number of amides is 2. The number of benzene rings is 1. The number of alkyl halides is 6. The van der Waals surface area contributed by atoms with Crippen LogP contribution in [0.4, 0.5) is 31.1 Å². The Bertz CT molecular complexity index is 630. The molecule has 1 fully saturated rings. The van der Waals surface area contributed by atoms with Gasteiger partial charge in [0, 0.05) is 12.6 Å². The zero-order valence-electron chi connectivity index (χ0n) is 15.0. The Morgan fingerprint density at radius 1 is 1.04 bits per heavy atom. The van der Waals surface area contributed by atoms with Crippen LogP contribution in [-0.4, -0.2) is 31.0 Å². The van der Waals surface area contributed by atoms with Gasteiger partial charge in [-0.3, -0.25) is 0 Å². The Morgan fingerprint density at radius 3 is 2.29 bits per heavy atom. The minimum absolute atomic E-state index is 0.0856. The van der Waals surface area contributed by atoms with E-state index in [1.54, 1.807) is 24.3 Å². The van der Waals surface area contributed by atoms with Gasteiger partial charge in [-0.25, -0.2) is 4.79 Å². The predicted octanol–water partition coefficient (Wildman–Crippen LogP) is 4.69. The SMILES string of the molecule is O=C(NCc1ccc(COCC(F)(F)F)cc1)N[C@@H]1CCC[C@H](C(F)(F)F)C1. The number of nitrogens with one attached hydrogen (secondary N) is 2. The monoisotopic (exact) mass is 412 g/mol. The van der Waals surface area contributed by atoms with E-state index in [4.69, 9.17) is 0 Å². The van der Waals surface area contributed by atoms with E-state index in [0.29, 0.717) is 24.0 Å². The largest absolute Gasteiger partial charge is 0.411 e. The molecule has 0 radical (unpaired) electrons. The molecule has 10 heteroatoms. The minimum Gasteiger partial charge on any atom is -0.367 e. The van der Waals surface area contributed by atoms with E-state index in [2.05, 4.69) is 15.4 Å². The van der Waals surface area contributed by atoms with Crippen molar-refractivity contribution in [2.75, 3.05) is 6.61 Å². The molecule has 0 unspecified atom stereocenters. The fourth-order valence-corrected chi connectivity index (χ4v) is 3.07. The van der Waals surface area contributed by atoms with Crippen LogP contribution >= 0.6 is 0 Å². The molecular formula is C18H22F6N2O2. The van der Waals surface area contributed by atoms with E-state index in [1.807, 2.05) is 0 Å². The first-order valence-electron chi connectivity index (χ1n) is 8.86. The summed E-state index contributed by atoms with van der Waals surface area (Å²) < 4.78 is 79.0. The quantitative estimate of drug-likeness (QED) is 0.667. The molecule has 1 aromatic rings. The molecule has 1 aromatic carbocycles. The molecule has 2 amide bonds. The Hall–Kier alpha value is -1.97. The van der Waals surface area contributed by atoms with Crippen molar-refractivity contribution in [1.82, 2.24) is 10.6 Å². The van der Waals surface area contributed by atoms with Crippen molar-refractivity contribution in [2.24, 2.45) is 5.92 Å². The van der Waals surface area contributed by atoms with Crippen LogP contribution in [0.3, 0.4) is 0 Å². The van der Waals surface area contributed by atoms with Gasteiger partial charge < -0.3 is 15.4 Å². The summed E-state index contributed by atoms with van der Waals surface area (Å²) in [5.74, 6) is -1.39. The summed E-state index contributed by atoms with van der Waals surface area (Å²) in [5, 5.41) is 5.14. The molecule has 2 atom stereocenters. The topological polar surface area (TPSA) is 50.4 Å². The number of rotatable bonds is 6. The second kappa shape index (κ2) is 9.49. The first-order chi connectivity index (χ1) is 13.0. The summed E-state index contributed by atoms with van der Waals surface area (Å²) >= 11 is 0. The predicted molar refractivity (Wildman–Crippen MR) is 89.3 cm³/mol. The second-order valence-electron chi connectivity index (χ2n) is 6.85. The highest BCUT2D eigenvalue weighted by atomic mass is 19.4. The summed E-state index contributed by atoms with van der Waals surface area (Å²) in [6.07, 6.45) is -7.75. The maximum atomic E-state index is 12.8. The lowest BCUT2D eigenvalue weighted by atomic mass is 9.85. The molecule has 0 aliphatic heterocycles. The number of hydrogen-bond acceptors (Lipinski definition) is 2. The van der Waals surface area contributed by atoms with Crippen LogP contribution in [0.15, 0.2) is 24.3 Å². The van der Waals surface area contributed by atoms with Crippen molar-refractivity contribution < 1.29 is 35.9 Å². The third-order valence-corrected chi connectivity index (χ3v) is 4.48. The number of urea groups is 1. The van der Waals surface area contributed by atoms with Gasteiger partial charge in [0.15, 0.2) is 0 Å². The summed E-state index contributed by atoms with van der Waals surface area (Å²) in [5.41, 5.74) is 1.25. The summed E-state index contributed by atoms with van der Waals surface area (Å²) in [7, 11) is 0. The smallest absolute Gasteiger partial charge is 0.367 e. The molecule has 158 valence electrons. The fourth-order valence-electron chi connectivity index (χ4n) is 3.07. The standard InChI is InChI=1S/C18H22F6N2O2/c19-17(20,21)11-28-10-13-6-4-12(5-7-13)9-25-16(27)26-15-3-1-2-14(8-15)18(22,23)24/h4-7,14-15H,1-3,8-11H2,(H2,25,26,27)/t14-,15+/m0/s1. The minimum atomic E-state index is -4.38. The van der Waals surface area contributed by atoms with Crippen molar-refractivity contribution in [3.8, 4) is 0 Å². The molecule has 0 aromatic heterocycles. The van der Waals surface area contributed by atoms with E-state index < -0.39 is 37.0 Å². The zero-order valence-corrected chi connectivity index (χ0v) is 15.0. The Morgan fingerprint density at radius 2 is 1.68 bits per heavy atom. The highest BCUT2D eigenvalue weighted by Crippen LogP contribution is 2.37. The van der Waals surface area contributed by atoms with Crippen molar-refractivity contribution in [2.45, 2.75) is 57.2 Å². The third-order valence-electron chi connectivity index (χ3n) is 4.48. The molecule has 0 spiro atoms. The molecule has 28 heavy (non-hydrogen) atoms. The molecule has 2 N–H and O–H groups in total. The van der Waals surface area contributed by atoms with E-state index in [1.165, 1.54) is 0 Å². The average Bonchev–Trinajstić information content (AvgIpc) is 2.59. The third kappa shape index (κ3) is 7.95. The van der Waals surface area contributed by atoms with Gasteiger partial charge in [-0.2, -0.15) is 26.3 Å². The van der Waals surface area contributed by atoms with Gasteiger partial charge in [-0.1, -0.05) is 30.7 Å². The lowest BCUT2D eigenvalue weighted by Crippen LogP contribution is -2.45. The molecule has 0 heterocycles. The first kappa shape index (κ1) is 22.3. The highest BCUT2D eigenvalue weighted by Gasteiger charge is 2.42. The Labute approximate surface area is 158 Å². The lowest BCUT2D eigenvalue weighted by Gasteiger charge is -2.31. The number of ether oxygens (including phenoxy) is 1. The number of carbonyl (C=O) groups is 1. The molecule has 4 nitrogen and oxygen atoms in total. The lowest BCUT2D eigenvalue weighted by molar-refractivity contribution is -0.183. The van der Waals surface area contributed by atoms with Crippen molar-refractivity contribution in [3.63, 3.8) is 0 Å². The number of halogens is 6. The second-order valence-corrected chi connectivity index (χ2v) is 6.85. The normalized spacial score (nSPS) is 20.6. The number of hydrogen-bond donors (Lipinski definition) is 2. The summed E-state index contributed by atoms with van der Waals surface area (Å²) in [6.45, 7) is -1.37. The van der Waals surface area contributed by atoms with E-state index in [0.717, 1.165) is 0 Å². The van der Waals surface area contributed by atoms with Gasteiger partial charge in [0.2, 0.25) is 0 Å². The van der Waals surface area contributed by atoms with Gasteiger partial charge in [0.1, 0.15) is 6.61 Å². The van der Waals surface area contributed by atoms with E-state index >= 15 is 0 Å². The molecule has 2 rings (SSSR count). The molecule has 0 saturated heterocycles. The van der Waals surface area contributed by atoms with Gasteiger partial charge in [-0.05, 0) is 30.4 Å². The fraction of sp³-hybridized carbons (Fsp3) is 0.611.